The molecule has 0 aromatic heterocycles. The van der Waals surface area contributed by atoms with Gasteiger partial charge in [0.15, 0.2) is 0 Å². The molecule has 73 valence electrons. The summed E-state index contributed by atoms with van der Waals surface area (Å²) in [6, 6.07) is 7.93. The van der Waals surface area contributed by atoms with Crippen molar-refractivity contribution in [1.29, 1.82) is 0 Å². The van der Waals surface area contributed by atoms with E-state index < -0.39 is 0 Å². The molecule has 0 aliphatic heterocycles. The Labute approximate surface area is 85.7 Å². The van der Waals surface area contributed by atoms with Gasteiger partial charge < -0.3 is 4.74 Å². The fraction of sp³-hybridized carbons (Fsp3) is 0.154. The summed E-state index contributed by atoms with van der Waals surface area (Å²) >= 11 is 0. The zero-order valence-electron chi connectivity index (χ0n) is 8.44. The lowest BCUT2D eigenvalue weighted by molar-refractivity contribution is 0.362. The van der Waals surface area contributed by atoms with Gasteiger partial charge in [-0.25, -0.2) is 0 Å². The van der Waals surface area contributed by atoms with Crippen LogP contribution in [-0.4, -0.2) is 6.61 Å². The third-order valence-electron chi connectivity index (χ3n) is 1.75. The monoisotopic (exact) mass is 187 g/mol. The van der Waals surface area contributed by atoms with Gasteiger partial charge in [0.1, 0.15) is 12.4 Å². The van der Waals surface area contributed by atoms with Crippen LogP contribution in [0, 0.1) is 6.92 Å². The Hall–Kier alpha value is -1.50. The van der Waals surface area contributed by atoms with Crippen LogP contribution < -0.4 is 4.74 Å². The summed E-state index contributed by atoms with van der Waals surface area (Å²) < 4.78 is 5.49. The number of ether oxygens (including phenoxy) is 1. The molecular weight excluding hydrogens is 172 g/mol. The second-order valence-corrected chi connectivity index (χ2v) is 2.85. The number of hydrogen-bond donors (Lipinski definition) is 0. The molecular formula is C13H15O. The fourth-order valence-electron chi connectivity index (χ4n) is 1.08. The molecule has 14 heavy (non-hydrogen) atoms. The molecule has 1 rings (SSSR count). The van der Waals surface area contributed by atoms with Crippen LogP contribution >= 0.6 is 0 Å². The molecule has 1 heteroatoms. The maximum Gasteiger partial charge on any atom is 0.120 e. The van der Waals surface area contributed by atoms with Gasteiger partial charge in [-0.15, -0.1) is 0 Å². The smallest absolute Gasteiger partial charge is 0.120 e. The summed E-state index contributed by atoms with van der Waals surface area (Å²) in [6.07, 6.45) is 7.66. The molecule has 1 aromatic rings. The van der Waals surface area contributed by atoms with Crippen molar-refractivity contribution in [2.75, 3.05) is 6.61 Å². The van der Waals surface area contributed by atoms with E-state index in [1.807, 2.05) is 49.4 Å². The van der Waals surface area contributed by atoms with Gasteiger partial charge in [-0.2, -0.15) is 0 Å². The molecule has 0 aliphatic rings. The molecule has 0 unspecified atom stereocenters. The normalized spacial score (nSPS) is 11.3. The lowest BCUT2D eigenvalue weighted by Crippen LogP contribution is -1.92. The zero-order chi connectivity index (χ0) is 10.2. The van der Waals surface area contributed by atoms with Gasteiger partial charge in [0.05, 0.1) is 0 Å². The summed E-state index contributed by atoms with van der Waals surface area (Å²) in [5.74, 6) is 0.888. The Bertz CT molecular complexity index is 324. The molecule has 0 saturated heterocycles. The molecule has 0 saturated carbocycles. The van der Waals surface area contributed by atoms with E-state index in [9.17, 15) is 0 Å². The highest BCUT2D eigenvalue weighted by Gasteiger charge is 1.92. The number of benzene rings is 1. The highest BCUT2D eigenvalue weighted by atomic mass is 16.5. The highest BCUT2D eigenvalue weighted by molar-refractivity contribution is 5.51. The minimum Gasteiger partial charge on any atom is -0.490 e. The maximum atomic E-state index is 5.49. The van der Waals surface area contributed by atoms with Crippen LogP contribution in [0.25, 0.3) is 6.08 Å². The van der Waals surface area contributed by atoms with Gasteiger partial charge >= 0.3 is 0 Å². The molecule has 0 amide bonds. The predicted molar refractivity (Wildman–Crippen MR) is 61.1 cm³/mol. The minimum absolute atomic E-state index is 0.619. The molecule has 1 radical (unpaired) electrons. The highest BCUT2D eigenvalue weighted by Crippen LogP contribution is 2.14. The van der Waals surface area contributed by atoms with Gasteiger partial charge in [-0.05, 0) is 31.5 Å². The SMILES string of the molecule is [CH2]C=Cc1cccc(OCC=CC)c1. The van der Waals surface area contributed by atoms with Crippen LogP contribution in [0.5, 0.6) is 5.75 Å². The van der Waals surface area contributed by atoms with Crippen molar-refractivity contribution in [1.82, 2.24) is 0 Å². The summed E-state index contributed by atoms with van der Waals surface area (Å²) in [4.78, 5) is 0. The topological polar surface area (TPSA) is 9.23 Å². The van der Waals surface area contributed by atoms with Crippen molar-refractivity contribution in [3.63, 3.8) is 0 Å². The van der Waals surface area contributed by atoms with Crippen LogP contribution in [0.1, 0.15) is 12.5 Å². The molecule has 0 fully saturated rings. The van der Waals surface area contributed by atoms with E-state index in [2.05, 4.69) is 6.92 Å². The quantitative estimate of drug-likeness (QED) is 0.656. The number of hydrogen-bond acceptors (Lipinski definition) is 1. The largest absolute Gasteiger partial charge is 0.490 e. The average Bonchev–Trinajstić information content (AvgIpc) is 2.19. The van der Waals surface area contributed by atoms with Crippen LogP contribution in [-0.2, 0) is 0 Å². The van der Waals surface area contributed by atoms with Crippen LogP contribution in [0.4, 0.5) is 0 Å². The van der Waals surface area contributed by atoms with E-state index in [0.29, 0.717) is 6.61 Å². The predicted octanol–water partition coefficient (Wildman–Crippen LogP) is 3.49. The Kier molecular flexibility index (Phi) is 4.56. The maximum absolute atomic E-state index is 5.49. The molecule has 0 aliphatic carbocycles. The third kappa shape index (κ3) is 3.48. The molecule has 1 nitrogen and oxygen atoms in total. The van der Waals surface area contributed by atoms with Gasteiger partial charge in [0, 0.05) is 0 Å². The average molecular weight is 187 g/mol. The van der Waals surface area contributed by atoms with E-state index >= 15 is 0 Å². The van der Waals surface area contributed by atoms with Crippen molar-refractivity contribution >= 4 is 6.08 Å². The zero-order valence-corrected chi connectivity index (χ0v) is 8.44. The molecule has 0 heterocycles. The van der Waals surface area contributed by atoms with Crippen molar-refractivity contribution in [2.45, 2.75) is 6.92 Å². The first-order valence-electron chi connectivity index (χ1n) is 4.66. The van der Waals surface area contributed by atoms with Gasteiger partial charge in [-0.1, -0.05) is 36.4 Å². The molecule has 0 spiro atoms. The molecule has 0 N–H and O–H groups in total. The molecule has 1 aromatic carbocycles. The van der Waals surface area contributed by atoms with E-state index in [-0.39, 0.29) is 0 Å². The van der Waals surface area contributed by atoms with Crippen molar-refractivity contribution in [3.05, 3.63) is 55.0 Å². The Balaban J connectivity index is 2.63. The first-order valence-corrected chi connectivity index (χ1v) is 4.66. The standard InChI is InChI=1S/C13H15O/c1-3-5-10-14-13-9-6-8-12(11-13)7-4-2/h3-9,11H,2,10H2,1H3. The van der Waals surface area contributed by atoms with E-state index in [1.165, 1.54) is 0 Å². The Morgan fingerprint density at radius 1 is 1.43 bits per heavy atom. The lowest BCUT2D eigenvalue weighted by Gasteiger charge is -2.03. The summed E-state index contributed by atoms with van der Waals surface area (Å²) in [6.45, 7) is 6.25. The van der Waals surface area contributed by atoms with Crippen molar-refractivity contribution in [3.8, 4) is 5.75 Å². The first-order chi connectivity index (χ1) is 6.86. The Morgan fingerprint density at radius 3 is 3.00 bits per heavy atom. The Morgan fingerprint density at radius 2 is 2.29 bits per heavy atom. The second kappa shape index (κ2) is 6.03. The van der Waals surface area contributed by atoms with Gasteiger partial charge in [0.2, 0.25) is 0 Å². The molecule has 0 atom stereocenters. The van der Waals surface area contributed by atoms with Crippen molar-refractivity contribution < 1.29 is 4.74 Å². The van der Waals surface area contributed by atoms with Crippen LogP contribution in [0.2, 0.25) is 0 Å². The lowest BCUT2D eigenvalue weighted by atomic mass is 10.2. The molecule has 0 bridgehead atoms. The van der Waals surface area contributed by atoms with E-state index in [1.54, 1.807) is 6.08 Å². The third-order valence-corrected chi connectivity index (χ3v) is 1.75. The second-order valence-electron chi connectivity index (χ2n) is 2.85. The van der Waals surface area contributed by atoms with E-state index in [0.717, 1.165) is 11.3 Å². The van der Waals surface area contributed by atoms with Crippen LogP contribution in [0.3, 0.4) is 0 Å². The summed E-state index contributed by atoms with van der Waals surface area (Å²) in [7, 11) is 0. The minimum atomic E-state index is 0.619. The summed E-state index contributed by atoms with van der Waals surface area (Å²) in [5.41, 5.74) is 1.11. The number of allylic oxidation sites excluding steroid dienone is 2. The van der Waals surface area contributed by atoms with Gasteiger partial charge in [0.25, 0.3) is 0 Å². The first kappa shape index (κ1) is 10.6. The van der Waals surface area contributed by atoms with Crippen molar-refractivity contribution in [2.24, 2.45) is 0 Å². The van der Waals surface area contributed by atoms with E-state index in [4.69, 9.17) is 4.74 Å². The fourth-order valence-corrected chi connectivity index (χ4v) is 1.08. The summed E-state index contributed by atoms with van der Waals surface area (Å²) in [5, 5.41) is 0. The van der Waals surface area contributed by atoms with Crippen LogP contribution in [0.15, 0.2) is 42.5 Å². The van der Waals surface area contributed by atoms with Gasteiger partial charge in [-0.3, -0.25) is 0 Å². The number of rotatable bonds is 4.